The molecule has 1 heterocycles. The van der Waals surface area contributed by atoms with Gasteiger partial charge in [0.1, 0.15) is 5.82 Å². The molecular formula is C21H20FNO3. The zero-order valence-electron chi connectivity index (χ0n) is 14.3. The highest BCUT2D eigenvalue weighted by molar-refractivity contribution is 5.90. The van der Waals surface area contributed by atoms with Crippen LogP contribution < -0.4 is 0 Å². The van der Waals surface area contributed by atoms with Crippen LogP contribution in [0.4, 0.5) is 4.39 Å². The van der Waals surface area contributed by atoms with Crippen LogP contribution in [0.2, 0.25) is 0 Å². The van der Waals surface area contributed by atoms with E-state index >= 15 is 0 Å². The first-order valence-electron chi connectivity index (χ1n) is 8.87. The summed E-state index contributed by atoms with van der Waals surface area (Å²) >= 11 is 0. The monoisotopic (exact) mass is 353 g/mol. The van der Waals surface area contributed by atoms with Crippen LogP contribution >= 0.6 is 0 Å². The molecule has 5 heteroatoms. The van der Waals surface area contributed by atoms with Crippen LogP contribution in [0, 0.1) is 5.82 Å². The molecule has 1 saturated carbocycles. The molecule has 134 valence electrons. The van der Waals surface area contributed by atoms with Gasteiger partial charge >= 0.3 is 5.97 Å². The fourth-order valence-electron chi connectivity index (χ4n) is 4.22. The Morgan fingerprint density at radius 2 is 1.88 bits per heavy atom. The van der Waals surface area contributed by atoms with Gasteiger partial charge in [0.25, 0.3) is 0 Å². The molecule has 2 aromatic rings. The fraction of sp³-hybridized carbons (Fsp3) is 0.333. The number of carboxylic acid groups (broad SMARTS) is 1. The molecule has 0 radical (unpaired) electrons. The first-order valence-corrected chi connectivity index (χ1v) is 8.87. The van der Waals surface area contributed by atoms with E-state index in [0.717, 1.165) is 17.5 Å². The van der Waals surface area contributed by atoms with Gasteiger partial charge in [-0.25, -0.2) is 4.39 Å². The average molecular weight is 353 g/mol. The summed E-state index contributed by atoms with van der Waals surface area (Å²) in [5.74, 6) is -2.10. The number of carbonyl (C=O) groups excluding carboxylic acids is 1. The Labute approximate surface area is 151 Å². The minimum Gasteiger partial charge on any atom is -0.481 e. The molecule has 4 nitrogen and oxygen atoms in total. The van der Waals surface area contributed by atoms with Gasteiger partial charge in [0.2, 0.25) is 5.91 Å². The van der Waals surface area contributed by atoms with E-state index in [2.05, 4.69) is 0 Å². The number of nitrogens with zero attached hydrogens (tertiary/aromatic N) is 1. The third kappa shape index (κ3) is 2.59. The molecule has 1 atom stereocenters. The number of aliphatic carboxylic acids is 1. The van der Waals surface area contributed by atoms with E-state index in [1.165, 1.54) is 12.1 Å². The summed E-state index contributed by atoms with van der Waals surface area (Å²) in [6, 6.07) is 13.6. The SMILES string of the molecule is O=C(O)C1CN(C(=O)C2(c3cccc(F)c3)CCC2)Cc2ccccc21. The minimum atomic E-state index is -0.927. The van der Waals surface area contributed by atoms with Crippen LogP contribution in [0.3, 0.4) is 0 Å². The maximum absolute atomic E-state index is 13.7. The number of halogens is 1. The summed E-state index contributed by atoms with van der Waals surface area (Å²) in [5.41, 5.74) is 1.61. The van der Waals surface area contributed by atoms with Crippen molar-refractivity contribution in [1.82, 2.24) is 4.90 Å². The number of carbonyl (C=O) groups is 2. The summed E-state index contributed by atoms with van der Waals surface area (Å²) in [5, 5.41) is 9.62. The first kappa shape index (κ1) is 16.8. The molecule has 1 amide bonds. The normalized spacial score (nSPS) is 20.8. The van der Waals surface area contributed by atoms with Crippen LogP contribution in [-0.2, 0) is 21.5 Å². The van der Waals surface area contributed by atoms with Crippen molar-refractivity contribution >= 4 is 11.9 Å². The summed E-state index contributed by atoms with van der Waals surface area (Å²) in [6.45, 7) is 0.554. The number of carboxylic acids is 1. The fourth-order valence-corrected chi connectivity index (χ4v) is 4.22. The van der Waals surface area contributed by atoms with Crippen LogP contribution in [0.5, 0.6) is 0 Å². The highest BCUT2D eigenvalue weighted by Gasteiger charge is 2.49. The molecule has 0 saturated heterocycles. The Kier molecular flexibility index (Phi) is 4.02. The first-order chi connectivity index (χ1) is 12.5. The molecule has 1 fully saturated rings. The average Bonchev–Trinajstić information content (AvgIpc) is 2.59. The Morgan fingerprint density at radius 1 is 1.12 bits per heavy atom. The summed E-state index contributed by atoms with van der Waals surface area (Å²) < 4.78 is 13.7. The van der Waals surface area contributed by atoms with Gasteiger partial charge in [0, 0.05) is 13.1 Å². The van der Waals surface area contributed by atoms with E-state index in [1.807, 2.05) is 24.3 Å². The lowest BCUT2D eigenvalue weighted by atomic mass is 9.63. The molecule has 4 rings (SSSR count). The van der Waals surface area contributed by atoms with E-state index in [-0.39, 0.29) is 18.3 Å². The number of amides is 1. The predicted molar refractivity (Wildman–Crippen MR) is 94.2 cm³/mol. The van der Waals surface area contributed by atoms with Gasteiger partial charge in [-0.1, -0.05) is 42.8 Å². The highest BCUT2D eigenvalue weighted by atomic mass is 19.1. The van der Waals surface area contributed by atoms with Gasteiger partial charge in [-0.2, -0.15) is 0 Å². The molecular weight excluding hydrogens is 333 g/mol. The maximum Gasteiger partial charge on any atom is 0.312 e. The van der Waals surface area contributed by atoms with Crippen LogP contribution in [0.15, 0.2) is 48.5 Å². The lowest BCUT2D eigenvalue weighted by Gasteiger charge is -2.45. The second-order valence-electron chi connectivity index (χ2n) is 7.22. The number of fused-ring (bicyclic) bond motifs is 1. The van der Waals surface area contributed by atoms with Crippen LogP contribution in [0.1, 0.15) is 41.9 Å². The van der Waals surface area contributed by atoms with Crippen molar-refractivity contribution in [3.63, 3.8) is 0 Å². The van der Waals surface area contributed by atoms with E-state index in [1.54, 1.807) is 17.0 Å². The molecule has 0 spiro atoms. The van der Waals surface area contributed by atoms with Gasteiger partial charge in [-0.15, -0.1) is 0 Å². The van der Waals surface area contributed by atoms with Crippen molar-refractivity contribution in [2.45, 2.75) is 37.1 Å². The Balaban J connectivity index is 1.69. The van der Waals surface area contributed by atoms with E-state index < -0.39 is 17.3 Å². The predicted octanol–water partition coefficient (Wildman–Crippen LogP) is 3.46. The van der Waals surface area contributed by atoms with Crippen molar-refractivity contribution in [3.05, 3.63) is 71.0 Å². The smallest absolute Gasteiger partial charge is 0.312 e. The van der Waals surface area contributed by atoms with Gasteiger partial charge in [-0.3, -0.25) is 9.59 Å². The Bertz CT molecular complexity index is 875. The second-order valence-corrected chi connectivity index (χ2v) is 7.22. The summed E-state index contributed by atoms with van der Waals surface area (Å²) in [4.78, 5) is 26.8. The summed E-state index contributed by atoms with van der Waals surface area (Å²) in [7, 11) is 0. The molecule has 1 aliphatic heterocycles. The molecule has 2 aliphatic rings. The lowest BCUT2D eigenvalue weighted by Crippen LogP contribution is -2.53. The third-order valence-corrected chi connectivity index (χ3v) is 5.77. The molecule has 0 aromatic heterocycles. The second kappa shape index (κ2) is 6.24. The summed E-state index contributed by atoms with van der Waals surface area (Å²) in [6.07, 6.45) is 2.26. The minimum absolute atomic E-state index is 0.0879. The third-order valence-electron chi connectivity index (χ3n) is 5.77. The van der Waals surface area contributed by atoms with Gasteiger partial charge in [0.05, 0.1) is 11.3 Å². The van der Waals surface area contributed by atoms with Crippen molar-refractivity contribution in [2.24, 2.45) is 0 Å². The highest BCUT2D eigenvalue weighted by Crippen LogP contribution is 2.46. The zero-order valence-corrected chi connectivity index (χ0v) is 14.3. The van der Waals surface area contributed by atoms with E-state index in [0.29, 0.717) is 24.9 Å². The Morgan fingerprint density at radius 3 is 2.54 bits per heavy atom. The maximum atomic E-state index is 13.7. The van der Waals surface area contributed by atoms with Crippen LogP contribution in [0.25, 0.3) is 0 Å². The number of hydrogen-bond acceptors (Lipinski definition) is 2. The van der Waals surface area contributed by atoms with E-state index in [4.69, 9.17) is 0 Å². The molecule has 1 aliphatic carbocycles. The number of hydrogen-bond donors (Lipinski definition) is 1. The molecule has 0 bridgehead atoms. The van der Waals surface area contributed by atoms with Crippen molar-refractivity contribution < 1.29 is 19.1 Å². The Hall–Kier alpha value is -2.69. The zero-order chi connectivity index (χ0) is 18.3. The molecule has 1 unspecified atom stereocenters. The standard InChI is InChI=1S/C21H20FNO3/c22-16-7-3-6-15(11-16)21(9-4-10-21)20(26)23-12-14-5-1-2-8-17(14)18(13-23)19(24)25/h1-3,5-8,11,18H,4,9-10,12-13H2,(H,24,25). The van der Waals surface area contributed by atoms with Crippen molar-refractivity contribution in [3.8, 4) is 0 Å². The number of rotatable bonds is 3. The van der Waals surface area contributed by atoms with Gasteiger partial charge < -0.3 is 10.0 Å². The molecule has 26 heavy (non-hydrogen) atoms. The number of benzene rings is 2. The van der Waals surface area contributed by atoms with Crippen molar-refractivity contribution in [2.75, 3.05) is 6.54 Å². The molecule has 2 aromatic carbocycles. The topological polar surface area (TPSA) is 57.6 Å². The lowest BCUT2D eigenvalue weighted by molar-refractivity contribution is -0.145. The van der Waals surface area contributed by atoms with Gasteiger partial charge in [-0.05, 0) is 41.7 Å². The molecule has 1 N–H and O–H groups in total. The largest absolute Gasteiger partial charge is 0.481 e. The van der Waals surface area contributed by atoms with Crippen molar-refractivity contribution in [1.29, 1.82) is 0 Å². The van der Waals surface area contributed by atoms with Crippen LogP contribution in [-0.4, -0.2) is 28.4 Å². The van der Waals surface area contributed by atoms with Gasteiger partial charge in [0.15, 0.2) is 0 Å². The van der Waals surface area contributed by atoms with E-state index in [9.17, 15) is 19.1 Å². The quantitative estimate of drug-likeness (QED) is 0.919.